The van der Waals surface area contributed by atoms with Crippen LogP contribution in [-0.2, 0) is 0 Å². The second-order valence-electron chi connectivity index (χ2n) is 3.29. The highest BCUT2D eigenvalue weighted by atomic mass is 16.3. The molecule has 3 atom stereocenters. The predicted octanol–water partition coefficient (Wildman–Crippen LogP) is 0.755. The highest BCUT2D eigenvalue weighted by Gasteiger charge is 2.27. The van der Waals surface area contributed by atoms with E-state index in [-0.39, 0.29) is 6.10 Å². The molecule has 2 nitrogen and oxygen atoms in total. The quantitative estimate of drug-likeness (QED) is 0.568. The van der Waals surface area contributed by atoms with Crippen molar-refractivity contribution in [1.82, 2.24) is 5.32 Å². The summed E-state index contributed by atoms with van der Waals surface area (Å²) in [5.41, 5.74) is 0. The molecular formula is C8H17NO. The Morgan fingerprint density at radius 3 is 2.60 bits per heavy atom. The van der Waals surface area contributed by atoms with Crippen molar-refractivity contribution in [2.75, 3.05) is 7.05 Å². The molecule has 0 saturated heterocycles. The van der Waals surface area contributed by atoms with Crippen molar-refractivity contribution in [3.05, 3.63) is 0 Å². The zero-order valence-corrected chi connectivity index (χ0v) is 6.80. The van der Waals surface area contributed by atoms with E-state index in [0.717, 1.165) is 6.42 Å². The number of aliphatic hydroxyl groups excluding tert-OH is 1. The molecule has 0 aromatic rings. The number of rotatable bonds is 1. The normalized spacial score (nSPS) is 41.7. The zero-order valence-electron chi connectivity index (χ0n) is 6.80. The van der Waals surface area contributed by atoms with E-state index in [0.29, 0.717) is 12.0 Å². The average molecular weight is 143 g/mol. The summed E-state index contributed by atoms with van der Waals surface area (Å²) in [6, 6.07) is 0.337. The smallest absolute Gasteiger partial charge is 0.0718 e. The fourth-order valence-corrected chi connectivity index (χ4v) is 1.71. The summed E-state index contributed by atoms with van der Waals surface area (Å²) in [6.45, 7) is 2.12. The maximum atomic E-state index is 9.57. The van der Waals surface area contributed by atoms with Crippen LogP contribution >= 0.6 is 0 Å². The molecule has 0 aliphatic heterocycles. The Labute approximate surface area is 62.6 Å². The van der Waals surface area contributed by atoms with Gasteiger partial charge in [0.15, 0.2) is 0 Å². The molecule has 3 unspecified atom stereocenters. The van der Waals surface area contributed by atoms with Gasteiger partial charge in [-0.1, -0.05) is 13.3 Å². The van der Waals surface area contributed by atoms with E-state index < -0.39 is 0 Å². The fraction of sp³-hybridized carbons (Fsp3) is 1.00. The fourth-order valence-electron chi connectivity index (χ4n) is 1.71. The van der Waals surface area contributed by atoms with Crippen LogP contribution in [0.2, 0.25) is 0 Å². The molecule has 1 fully saturated rings. The van der Waals surface area contributed by atoms with Crippen molar-refractivity contribution in [1.29, 1.82) is 0 Å². The summed E-state index contributed by atoms with van der Waals surface area (Å²) in [4.78, 5) is 0. The van der Waals surface area contributed by atoms with Crippen LogP contribution in [0.15, 0.2) is 0 Å². The van der Waals surface area contributed by atoms with Gasteiger partial charge in [-0.3, -0.25) is 0 Å². The lowest BCUT2D eigenvalue weighted by molar-refractivity contribution is 0.0486. The van der Waals surface area contributed by atoms with Gasteiger partial charge in [-0.2, -0.15) is 0 Å². The summed E-state index contributed by atoms with van der Waals surface area (Å²) in [7, 11) is 1.92. The summed E-state index contributed by atoms with van der Waals surface area (Å²) >= 11 is 0. The van der Waals surface area contributed by atoms with Crippen LogP contribution in [0.25, 0.3) is 0 Å². The van der Waals surface area contributed by atoms with Gasteiger partial charge in [0.2, 0.25) is 0 Å². The lowest BCUT2D eigenvalue weighted by atomic mass is 9.84. The molecule has 60 valence electrons. The summed E-state index contributed by atoms with van der Waals surface area (Å²) < 4.78 is 0. The first-order chi connectivity index (χ1) is 4.75. The second kappa shape index (κ2) is 3.35. The average Bonchev–Trinajstić information content (AvgIpc) is 1.95. The molecule has 1 aliphatic rings. The van der Waals surface area contributed by atoms with Crippen molar-refractivity contribution in [3.8, 4) is 0 Å². The predicted molar refractivity (Wildman–Crippen MR) is 41.9 cm³/mol. The number of likely N-dealkylation sites (N-methyl/N-ethyl adjacent to an activating group) is 1. The first-order valence-electron chi connectivity index (χ1n) is 4.11. The summed E-state index contributed by atoms with van der Waals surface area (Å²) in [5, 5.41) is 12.7. The van der Waals surface area contributed by atoms with Gasteiger partial charge in [0.05, 0.1) is 6.10 Å². The Hall–Kier alpha value is -0.0800. The maximum Gasteiger partial charge on any atom is 0.0718 e. The molecule has 0 heterocycles. The third-order valence-corrected chi connectivity index (χ3v) is 2.54. The molecular weight excluding hydrogens is 126 g/mol. The highest BCUT2D eigenvalue weighted by molar-refractivity contribution is 4.83. The zero-order chi connectivity index (χ0) is 7.56. The van der Waals surface area contributed by atoms with Gasteiger partial charge in [-0.15, -0.1) is 0 Å². The first-order valence-corrected chi connectivity index (χ1v) is 4.11. The molecule has 1 saturated carbocycles. The molecule has 0 aromatic carbocycles. The van der Waals surface area contributed by atoms with Crippen LogP contribution in [0.5, 0.6) is 0 Å². The number of hydrogen-bond acceptors (Lipinski definition) is 2. The van der Waals surface area contributed by atoms with E-state index in [9.17, 15) is 5.11 Å². The Balaban J connectivity index is 2.42. The summed E-state index contributed by atoms with van der Waals surface area (Å²) in [6.07, 6.45) is 3.43. The SMILES string of the molecule is CNC1CCCC(C)C1O. The molecule has 1 aliphatic carbocycles. The molecule has 2 heteroatoms. The minimum Gasteiger partial charge on any atom is -0.391 e. The van der Waals surface area contributed by atoms with Gasteiger partial charge < -0.3 is 10.4 Å². The van der Waals surface area contributed by atoms with E-state index in [4.69, 9.17) is 0 Å². The number of nitrogens with one attached hydrogen (secondary N) is 1. The summed E-state index contributed by atoms with van der Waals surface area (Å²) in [5.74, 6) is 0.478. The second-order valence-corrected chi connectivity index (χ2v) is 3.29. The third-order valence-electron chi connectivity index (χ3n) is 2.54. The molecule has 1 rings (SSSR count). The van der Waals surface area contributed by atoms with E-state index in [1.54, 1.807) is 0 Å². The molecule has 0 amide bonds. The van der Waals surface area contributed by atoms with Crippen LogP contribution in [0.1, 0.15) is 26.2 Å². The Morgan fingerprint density at radius 2 is 2.10 bits per heavy atom. The van der Waals surface area contributed by atoms with Gasteiger partial charge in [0, 0.05) is 6.04 Å². The number of hydrogen-bond donors (Lipinski definition) is 2. The van der Waals surface area contributed by atoms with Crippen LogP contribution in [0.3, 0.4) is 0 Å². The van der Waals surface area contributed by atoms with Crippen molar-refractivity contribution in [2.45, 2.75) is 38.3 Å². The van der Waals surface area contributed by atoms with Gasteiger partial charge in [-0.05, 0) is 25.8 Å². The van der Waals surface area contributed by atoms with Crippen LogP contribution < -0.4 is 5.32 Å². The van der Waals surface area contributed by atoms with Crippen molar-refractivity contribution >= 4 is 0 Å². The lowest BCUT2D eigenvalue weighted by Gasteiger charge is -2.32. The number of aliphatic hydroxyl groups is 1. The molecule has 2 N–H and O–H groups in total. The molecule has 0 aromatic heterocycles. The lowest BCUT2D eigenvalue weighted by Crippen LogP contribution is -2.44. The molecule has 0 bridgehead atoms. The van der Waals surface area contributed by atoms with E-state index in [1.165, 1.54) is 12.8 Å². The largest absolute Gasteiger partial charge is 0.391 e. The highest BCUT2D eigenvalue weighted by Crippen LogP contribution is 2.23. The van der Waals surface area contributed by atoms with E-state index in [2.05, 4.69) is 12.2 Å². The maximum absolute atomic E-state index is 9.57. The minimum atomic E-state index is -0.126. The van der Waals surface area contributed by atoms with Crippen molar-refractivity contribution < 1.29 is 5.11 Å². The van der Waals surface area contributed by atoms with Crippen LogP contribution in [-0.4, -0.2) is 24.3 Å². The molecule has 0 spiro atoms. The van der Waals surface area contributed by atoms with Crippen LogP contribution in [0.4, 0.5) is 0 Å². The standard InChI is InChI=1S/C8H17NO/c1-6-4-3-5-7(9-2)8(6)10/h6-10H,3-5H2,1-2H3. The Morgan fingerprint density at radius 1 is 1.40 bits per heavy atom. The Bertz CT molecular complexity index is 105. The topological polar surface area (TPSA) is 32.3 Å². The first kappa shape index (κ1) is 8.02. The minimum absolute atomic E-state index is 0.126. The van der Waals surface area contributed by atoms with Crippen molar-refractivity contribution in [2.24, 2.45) is 5.92 Å². The van der Waals surface area contributed by atoms with E-state index >= 15 is 0 Å². The van der Waals surface area contributed by atoms with Gasteiger partial charge in [0.25, 0.3) is 0 Å². The van der Waals surface area contributed by atoms with E-state index in [1.807, 2.05) is 7.05 Å². The Kier molecular flexibility index (Phi) is 2.69. The molecule has 10 heavy (non-hydrogen) atoms. The molecule has 0 radical (unpaired) electrons. The van der Waals surface area contributed by atoms with Gasteiger partial charge in [0.1, 0.15) is 0 Å². The third kappa shape index (κ3) is 1.50. The van der Waals surface area contributed by atoms with Crippen LogP contribution in [0, 0.1) is 5.92 Å². The van der Waals surface area contributed by atoms with Gasteiger partial charge >= 0.3 is 0 Å². The van der Waals surface area contributed by atoms with Gasteiger partial charge in [-0.25, -0.2) is 0 Å². The van der Waals surface area contributed by atoms with Crippen molar-refractivity contribution in [3.63, 3.8) is 0 Å². The monoisotopic (exact) mass is 143 g/mol.